The minimum Gasteiger partial charge on any atom is -0.478 e. The van der Waals surface area contributed by atoms with Crippen LogP contribution in [-0.4, -0.2) is 23.2 Å². The molecule has 0 radical (unpaired) electrons. The van der Waals surface area contributed by atoms with Crippen LogP contribution in [0.1, 0.15) is 32.0 Å². The Labute approximate surface area is 158 Å². The highest BCUT2D eigenvalue weighted by Crippen LogP contribution is 2.22. The second-order valence-electron chi connectivity index (χ2n) is 5.59. The van der Waals surface area contributed by atoms with E-state index < -0.39 is 17.7 Å². The molecule has 0 atom stereocenters. The number of nitriles is 1. The maximum Gasteiger partial charge on any atom is 0.335 e. The van der Waals surface area contributed by atoms with Crippen LogP contribution >= 0.6 is 0 Å². The quantitative estimate of drug-likeness (QED) is 0.522. The van der Waals surface area contributed by atoms with Gasteiger partial charge in [0.25, 0.3) is 5.91 Å². The number of furan rings is 1. The number of hydrogen-bond acceptors (Lipinski definition) is 5. The summed E-state index contributed by atoms with van der Waals surface area (Å²) < 4.78 is 19.3. The Kier molecular flexibility index (Phi) is 5.28. The predicted octanol–water partition coefficient (Wildman–Crippen LogP) is 3.42. The van der Waals surface area contributed by atoms with Crippen LogP contribution in [0.3, 0.4) is 0 Å². The Bertz CT molecular complexity index is 1110. The number of hydrogen-bond donors (Lipinski definition) is 2. The van der Waals surface area contributed by atoms with Crippen LogP contribution in [0.4, 0.5) is 4.39 Å². The third-order valence-corrected chi connectivity index (χ3v) is 3.74. The van der Waals surface area contributed by atoms with Gasteiger partial charge in [-0.05, 0) is 42.5 Å². The molecule has 3 rings (SSSR count). The van der Waals surface area contributed by atoms with Gasteiger partial charge in [-0.2, -0.15) is 10.4 Å². The number of carboxylic acids is 1. The second-order valence-corrected chi connectivity index (χ2v) is 5.59. The van der Waals surface area contributed by atoms with E-state index >= 15 is 0 Å². The molecule has 0 saturated carbocycles. The molecule has 0 aliphatic rings. The van der Waals surface area contributed by atoms with Crippen LogP contribution in [0.2, 0.25) is 0 Å². The van der Waals surface area contributed by atoms with Crippen LogP contribution in [-0.2, 0) is 0 Å². The van der Waals surface area contributed by atoms with Gasteiger partial charge in [-0.3, -0.25) is 4.79 Å². The van der Waals surface area contributed by atoms with Crippen molar-refractivity contribution in [1.29, 1.82) is 5.26 Å². The summed E-state index contributed by atoms with van der Waals surface area (Å²) >= 11 is 0. The summed E-state index contributed by atoms with van der Waals surface area (Å²) in [5.41, 5.74) is 2.88. The lowest BCUT2D eigenvalue weighted by molar-refractivity contribution is 0.0696. The van der Waals surface area contributed by atoms with Crippen molar-refractivity contribution in [1.82, 2.24) is 5.43 Å². The third kappa shape index (κ3) is 4.11. The molecule has 0 aliphatic heterocycles. The summed E-state index contributed by atoms with van der Waals surface area (Å²) in [5.74, 6) is -1.79. The Morgan fingerprint density at radius 2 is 1.89 bits per heavy atom. The van der Waals surface area contributed by atoms with E-state index in [-0.39, 0.29) is 16.7 Å². The van der Waals surface area contributed by atoms with Crippen LogP contribution in [0.5, 0.6) is 0 Å². The van der Waals surface area contributed by atoms with Gasteiger partial charge < -0.3 is 9.52 Å². The molecular weight excluding hydrogens is 365 g/mol. The van der Waals surface area contributed by atoms with Crippen LogP contribution in [0, 0.1) is 17.1 Å². The number of carbonyl (C=O) groups excluding carboxylic acids is 1. The molecule has 0 aliphatic carbocycles. The van der Waals surface area contributed by atoms with Gasteiger partial charge in [0, 0.05) is 5.56 Å². The molecule has 2 aromatic carbocycles. The first-order valence-electron chi connectivity index (χ1n) is 7.94. The molecule has 8 heteroatoms. The number of carboxylic acid groups (broad SMARTS) is 1. The fourth-order valence-corrected chi connectivity index (χ4v) is 2.34. The number of hydrazone groups is 1. The van der Waals surface area contributed by atoms with Crippen LogP contribution < -0.4 is 5.43 Å². The standard InChI is InChI=1S/C20H12FN3O4/c21-17-9-12(10-22)1-7-16(17)19(25)24-23-11-15-6-8-18(28-15)13-2-4-14(5-3-13)20(26)27/h1-9,11H,(H,24,25)(H,26,27). The van der Waals surface area contributed by atoms with Gasteiger partial charge in [0.1, 0.15) is 17.3 Å². The van der Waals surface area contributed by atoms with E-state index in [2.05, 4.69) is 10.5 Å². The normalized spacial score (nSPS) is 10.6. The van der Waals surface area contributed by atoms with Crippen molar-refractivity contribution in [2.24, 2.45) is 5.10 Å². The first-order valence-corrected chi connectivity index (χ1v) is 7.94. The molecule has 1 heterocycles. The second kappa shape index (κ2) is 7.97. The maximum atomic E-state index is 13.8. The fourth-order valence-electron chi connectivity index (χ4n) is 2.34. The first-order chi connectivity index (χ1) is 13.5. The van der Waals surface area contributed by atoms with Crippen molar-refractivity contribution in [2.75, 3.05) is 0 Å². The Morgan fingerprint density at radius 1 is 1.14 bits per heavy atom. The number of rotatable bonds is 5. The molecule has 1 amide bonds. The Balaban J connectivity index is 1.66. The average Bonchev–Trinajstić information content (AvgIpc) is 3.16. The van der Waals surface area contributed by atoms with E-state index in [0.29, 0.717) is 17.1 Å². The van der Waals surface area contributed by atoms with Gasteiger partial charge in [-0.1, -0.05) is 12.1 Å². The molecule has 0 bridgehead atoms. The summed E-state index contributed by atoms with van der Waals surface area (Å²) in [6.45, 7) is 0. The van der Waals surface area contributed by atoms with Gasteiger partial charge in [0.2, 0.25) is 0 Å². The molecule has 1 aromatic heterocycles. The number of halogens is 1. The summed E-state index contributed by atoms with van der Waals surface area (Å²) in [6, 6.07) is 14.7. The molecule has 0 spiro atoms. The van der Waals surface area contributed by atoms with E-state index in [1.165, 1.54) is 30.5 Å². The van der Waals surface area contributed by atoms with E-state index in [0.717, 1.165) is 6.07 Å². The molecule has 0 fully saturated rings. The number of benzene rings is 2. The number of nitrogens with one attached hydrogen (secondary N) is 1. The largest absolute Gasteiger partial charge is 0.478 e. The highest BCUT2D eigenvalue weighted by atomic mass is 19.1. The molecule has 7 nitrogen and oxygen atoms in total. The van der Waals surface area contributed by atoms with Gasteiger partial charge >= 0.3 is 5.97 Å². The van der Waals surface area contributed by atoms with Crippen molar-refractivity contribution >= 4 is 18.1 Å². The van der Waals surface area contributed by atoms with Crippen molar-refractivity contribution in [3.05, 3.63) is 82.9 Å². The van der Waals surface area contributed by atoms with E-state index in [9.17, 15) is 14.0 Å². The van der Waals surface area contributed by atoms with Crippen molar-refractivity contribution in [3.63, 3.8) is 0 Å². The topological polar surface area (TPSA) is 116 Å². The van der Waals surface area contributed by atoms with E-state index in [1.54, 1.807) is 30.3 Å². The molecule has 3 aromatic rings. The summed E-state index contributed by atoms with van der Waals surface area (Å²) in [5, 5.41) is 21.3. The fraction of sp³-hybridized carbons (Fsp3) is 0. The lowest BCUT2D eigenvalue weighted by Gasteiger charge is -2.01. The maximum absolute atomic E-state index is 13.8. The van der Waals surface area contributed by atoms with Crippen LogP contribution in [0.25, 0.3) is 11.3 Å². The van der Waals surface area contributed by atoms with E-state index in [1.807, 2.05) is 0 Å². The smallest absolute Gasteiger partial charge is 0.335 e. The zero-order valence-electron chi connectivity index (χ0n) is 14.2. The number of nitrogens with zero attached hydrogens (tertiary/aromatic N) is 2. The number of amides is 1. The third-order valence-electron chi connectivity index (χ3n) is 3.74. The van der Waals surface area contributed by atoms with Crippen molar-refractivity contribution in [2.45, 2.75) is 0 Å². The predicted molar refractivity (Wildman–Crippen MR) is 97.3 cm³/mol. The van der Waals surface area contributed by atoms with Gasteiger partial charge in [-0.25, -0.2) is 14.6 Å². The minimum absolute atomic E-state index is 0.108. The highest BCUT2D eigenvalue weighted by molar-refractivity contribution is 5.95. The average molecular weight is 377 g/mol. The van der Waals surface area contributed by atoms with Gasteiger partial charge in [0.05, 0.1) is 29.0 Å². The number of carbonyl (C=O) groups is 2. The Hall–Kier alpha value is -4.25. The molecule has 138 valence electrons. The number of aromatic carboxylic acids is 1. The van der Waals surface area contributed by atoms with Crippen molar-refractivity contribution in [3.8, 4) is 17.4 Å². The lowest BCUT2D eigenvalue weighted by Crippen LogP contribution is -2.19. The lowest BCUT2D eigenvalue weighted by atomic mass is 10.1. The highest BCUT2D eigenvalue weighted by Gasteiger charge is 2.11. The molecule has 2 N–H and O–H groups in total. The van der Waals surface area contributed by atoms with Crippen molar-refractivity contribution < 1.29 is 23.5 Å². The summed E-state index contributed by atoms with van der Waals surface area (Å²) in [4.78, 5) is 22.8. The summed E-state index contributed by atoms with van der Waals surface area (Å²) in [6.07, 6.45) is 1.24. The first kappa shape index (κ1) is 18.5. The molecule has 28 heavy (non-hydrogen) atoms. The zero-order chi connectivity index (χ0) is 20.1. The Morgan fingerprint density at radius 3 is 2.54 bits per heavy atom. The zero-order valence-corrected chi connectivity index (χ0v) is 14.2. The summed E-state index contributed by atoms with van der Waals surface area (Å²) in [7, 11) is 0. The molecular formula is C20H12FN3O4. The van der Waals surface area contributed by atoms with Gasteiger partial charge in [-0.15, -0.1) is 0 Å². The minimum atomic E-state index is -1.02. The monoisotopic (exact) mass is 377 g/mol. The molecule has 0 unspecified atom stereocenters. The SMILES string of the molecule is N#Cc1ccc(C(=O)NN=Cc2ccc(-c3ccc(C(=O)O)cc3)o2)c(F)c1. The van der Waals surface area contributed by atoms with E-state index in [4.69, 9.17) is 14.8 Å². The molecule has 0 saturated heterocycles. The van der Waals surface area contributed by atoms with Gasteiger partial charge in [0.15, 0.2) is 0 Å². The van der Waals surface area contributed by atoms with Crippen LogP contribution in [0.15, 0.2) is 64.1 Å².